The lowest BCUT2D eigenvalue weighted by atomic mass is 9.88. The summed E-state index contributed by atoms with van der Waals surface area (Å²) in [6, 6.07) is 64.4. The monoisotopic (exact) mass is 764 g/mol. The molecule has 0 amide bonds. The third kappa shape index (κ3) is 7.02. The maximum Gasteiger partial charge on any atom is 0.137 e. The Hall–Kier alpha value is -7.37. The number of benzene rings is 7. The average molecular weight is 765 g/mol. The maximum atomic E-state index is 6.86. The Balaban J connectivity index is 1.02. The molecule has 10 rings (SSSR count). The van der Waals surface area contributed by atoms with Gasteiger partial charge in [-0.05, 0) is 93.4 Å². The number of hydrogen-bond acceptors (Lipinski definition) is 4. The number of ether oxygens (including phenoxy) is 1. The molecule has 0 fully saturated rings. The number of anilines is 2. The molecule has 2 aromatic heterocycles. The van der Waals surface area contributed by atoms with E-state index in [4.69, 9.17) is 9.72 Å². The van der Waals surface area contributed by atoms with Crippen molar-refractivity contribution in [2.24, 2.45) is 0 Å². The van der Waals surface area contributed by atoms with Crippen LogP contribution in [-0.2, 0) is 5.41 Å². The van der Waals surface area contributed by atoms with Crippen LogP contribution in [0.25, 0.3) is 61.0 Å². The summed E-state index contributed by atoms with van der Waals surface area (Å²) in [7, 11) is 0. The summed E-state index contributed by atoms with van der Waals surface area (Å²) in [5, 5.41) is 2.34. The summed E-state index contributed by atoms with van der Waals surface area (Å²) in [5.74, 6) is 2.42. The van der Waals surface area contributed by atoms with Gasteiger partial charge in [0.1, 0.15) is 17.3 Å². The molecule has 0 atom stereocenters. The minimum Gasteiger partial charge on any atom is -0.457 e. The predicted molar refractivity (Wildman–Crippen MR) is 246 cm³/mol. The topological polar surface area (TPSA) is 33.5 Å². The van der Waals surface area contributed by atoms with Crippen molar-refractivity contribution in [2.45, 2.75) is 26.2 Å². The normalized spacial score (nSPS) is 12.8. The lowest BCUT2D eigenvalue weighted by Crippen LogP contribution is -2.25. The summed E-state index contributed by atoms with van der Waals surface area (Å²) in [6.07, 6.45) is 6.26. The van der Waals surface area contributed by atoms with Gasteiger partial charge in [0.15, 0.2) is 0 Å². The summed E-state index contributed by atoms with van der Waals surface area (Å²) < 4.78 is 9.12. The van der Waals surface area contributed by atoms with E-state index in [1.807, 2.05) is 6.20 Å². The fourth-order valence-corrected chi connectivity index (χ4v) is 8.20. The number of para-hydroxylation sites is 1. The van der Waals surface area contributed by atoms with E-state index in [0.29, 0.717) is 6.67 Å². The second-order valence-corrected chi connectivity index (χ2v) is 16.2. The number of rotatable bonds is 8. The first-order valence-corrected chi connectivity index (χ1v) is 20.2. The molecule has 286 valence electrons. The van der Waals surface area contributed by atoms with Gasteiger partial charge in [-0.2, -0.15) is 0 Å². The number of pyridine rings is 1. The third-order valence-corrected chi connectivity index (χ3v) is 11.3. The zero-order chi connectivity index (χ0) is 39.9. The predicted octanol–water partition coefficient (Wildman–Crippen LogP) is 14.0. The molecule has 0 N–H and O–H groups in total. The maximum absolute atomic E-state index is 6.86. The molecule has 5 heteroatoms. The van der Waals surface area contributed by atoms with E-state index >= 15 is 0 Å². The van der Waals surface area contributed by atoms with Gasteiger partial charge in [0.05, 0.1) is 23.4 Å². The fraction of sp³-hybridized carbons (Fsp3) is 0.0926. The van der Waals surface area contributed by atoms with Crippen LogP contribution < -0.4 is 14.5 Å². The first kappa shape index (κ1) is 36.0. The molecule has 1 aliphatic heterocycles. The SMILES string of the molecule is CC(C)(C)c1ccnc(-n2c3ccccc3c3ccc(Oc4cc(-c5ccccc5)cc(N5C=CN(c6ccc(-c7ccccc7)cc6-c6ccccc6)C5)c4)cc32)c1. The molecule has 3 heterocycles. The van der Waals surface area contributed by atoms with Gasteiger partial charge in [-0.1, -0.05) is 136 Å². The Morgan fingerprint density at radius 1 is 0.492 bits per heavy atom. The van der Waals surface area contributed by atoms with Crippen molar-refractivity contribution in [2.75, 3.05) is 16.5 Å². The van der Waals surface area contributed by atoms with Crippen LogP contribution in [0.15, 0.2) is 201 Å². The lowest BCUT2D eigenvalue weighted by Gasteiger charge is -2.25. The summed E-state index contributed by atoms with van der Waals surface area (Å²) >= 11 is 0. The van der Waals surface area contributed by atoms with Gasteiger partial charge in [0.25, 0.3) is 0 Å². The van der Waals surface area contributed by atoms with Crippen LogP contribution in [0.2, 0.25) is 0 Å². The number of fused-ring (bicyclic) bond motifs is 3. The molecule has 0 aliphatic carbocycles. The van der Waals surface area contributed by atoms with Gasteiger partial charge in [0, 0.05) is 52.8 Å². The molecular weight excluding hydrogens is 721 g/mol. The van der Waals surface area contributed by atoms with E-state index in [9.17, 15) is 0 Å². The van der Waals surface area contributed by atoms with Crippen molar-refractivity contribution in [3.63, 3.8) is 0 Å². The van der Waals surface area contributed by atoms with E-state index < -0.39 is 0 Å². The molecule has 0 radical (unpaired) electrons. The second-order valence-electron chi connectivity index (χ2n) is 16.2. The Kier molecular flexibility index (Phi) is 9.06. The van der Waals surface area contributed by atoms with Gasteiger partial charge in [-0.3, -0.25) is 4.57 Å². The van der Waals surface area contributed by atoms with Crippen LogP contribution in [0.5, 0.6) is 11.5 Å². The van der Waals surface area contributed by atoms with Gasteiger partial charge < -0.3 is 14.5 Å². The Bertz CT molecular complexity index is 2980. The highest BCUT2D eigenvalue weighted by Crippen LogP contribution is 2.40. The van der Waals surface area contributed by atoms with E-state index in [1.54, 1.807) is 0 Å². The van der Waals surface area contributed by atoms with E-state index in [0.717, 1.165) is 56.2 Å². The highest BCUT2D eigenvalue weighted by molar-refractivity contribution is 6.09. The molecule has 9 aromatic rings. The van der Waals surface area contributed by atoms with Crippen LogP contribution in [0.4, 0.5) is 11.4 Å². The van der Waals surface area contributed by atoms with Crippen molar-refractivity contribution in [1.29, 1.82) is 0 Å². The summed E-state index contributed by atoms with van der Waals surface area (Å²) in [6.45, 7) is 7.36. The van der Waals surface area contributed by atoms with Gasteiger partial charge in [-0.15, -0.1) is 0 Å². The van der Waals surface area contributed by atoms with Crippen molar-refractivity contribution in [3.8, 4) is 50.7 Å². The molecule has 7 aromatic carbocycles. The summed E-state index contributed by atoms with van der Waals surface area (Å²) in [4.78, 5) is 9.49. The first-order valence-electron chi connectivity index (χ1n) is 20.2. The number of aromatic nitrogens is 2. The fourth-order valence-electron chi connectivity index (χ4n) is 8.20. The zero-order valence-corrected chi connectivity index (χ0v) is 33.5. The van der Waals surface area contributed by atoms with Crippen LogP contribution in [0.3, 0.4) is 0 Å². The van der Waals surface area contributed by atoms with Gasteiger partial charge in [-0.25, -0.2) is 4.98 Å². The lowest BCUT2D eigenvalue weighted by molar-refractivity contribution is 0.483. The first-order chi connectivity index (χ1) is 28.9. The smallest absolute Gasteiger partial charge is 0.137 e. The molecule has 0 saturated carbocycles. The van der Waals surface area contributed by atoms with Crippen LogP contribution >= 0.6 is 0 Å². The Morgan fingerprint density at radius 2 is 1.15 bits per heavy atom. The van der Waals surface area contributed by atoms with E-state index in [2.05, 4.69) is 230 Å². The number of hydrogen-bond donors (Lipinski definition) is 0. The van der Waals surface area contributed by atoms with Crippen molar-refractivity contribution < 1.29 is 4.74 Å². The van der Waals surface area contributed by atoms with Gasteiger partial charge in [0.2, 0.25) is 0 Å². The molecule has 0 unspecified atom stereocenters. The molecule has 0 spiro atoms. The minimum absolute atomic E-state index is 0.00899. The zero-order valence-electron chi connectivity index (χ0n) is 33.5. The molecule has 5 nitrogen and oxygen atoms in total. The Labute approximate surface area is 345 Å². The molecular formula is C54H44N4O. The highest BCUT2D eigenvalue weighted by Gasteiger charge is 2.22. The summed E-state index contributed by atoms with van der Waals surface area (Å²) in [5.41, 5.74) is 12.6. The van der Waals surface area contributed by atoms with Gasteiger partial charge >= 0.3 is 0 Å². The second kappa shape index (κ2) is 14.9. The number of nitrogens with zero attached hydrogens (tertiary/aromatic N) is 4. The van der Waals surface area contributed by atoms with Crippen LogP contribution in [0, 0.1) is 0 Å². The third-order valence-electron chi connectivity index (χ3n) is 11.3. The molecule has 0 bridgehead atoms. The van der Waals surface area contributed by atoms with Crippen molar-refractivity contribution in [1.82, 2.24) is 9.55 Å². The van der Waals surface area contributed by atoms with E-state index in [1.165, 1.54) is 33.2 Å². The van der Waals surface area contributed by atoms with Crippen molar-refractivity contribution in [3.05, 3.63) is 206 Å². The minimum atomic E-state index is -0.00899. The highest BCUT2D eigenvalue weighted by atomic mass is 16.5. The van der Waals surface area contributed by atoms with Crippen molar-refractivity contribution >= 4 is 33.2 Å². The molecule has 0 saturated heterocycles. The standard InChI is InChI=1S/C54H44N4O/c1-54(2,3)43-27-28-55-53(34-43)58-51-22-14-13-21-47(51)48-25-24-45(36-52(48)58)59-46-32-42(39-17-9-5-10-18-39)31-44(35-46)56-29-30-57(37-56)50-26-23-41(38-15-7-4-8-16-38)33-49(50)40-19-11-6-12-20-40/h4-36H,37H2,1-3H3. The quantitative estimate of drug-likeness (QED) is 0.154. The molecule has 1 aliphatic rings. The average Bonchev–Trinajstić information content (AvgIpc) is 3.90. The molecule has 59 heavy (non-hydrogen) atoms. The van der Waals surface area contributed by atoms with Crippen LogP contribution in [-0.4, -0.2) is 16.2 Å². The van der Waals surface area contributed by atoms with E-state index in [-0.39, 0.29) is 5.41 Å². The Morgan fingerprint density at radius 3 is 1.90 bits per heavy atom. The largest absolute Gasteiger partial charge is 0.457 e. The van der Waals surface area contributed by atoms with Crippen LogP contribution in [0.1, 0.15) is 26.3 Å².